The average Bonchev–Trinajstić information content (AvgIpc) is 3.34. The molecule has 1 aliphatic rings. The number of likely N-dealkylation sites (tertiary alicyclic amines) is 1. The Kier molecular flexibility index (Phi) is 5.85. The smallest absolute Gasteiger partial charge is 0.253 e. The number of imidazole rings is 1. The minimum absolute atomic E-state index is 0.0642. The number of aryl methyl sites for hydroxylation is 1. The van der Waals surface area contributed by atoms with E-state index < -0.39 is 0 Å². The molecule has 1 aromatic carbocycles. The van der Waals surface area contributed by atoms with Crippen LogP contribution in [0.4, 0.5) is 11.8 Å². The number of ether oxygens (including phenoxy) is 1. The third kappa shape index (κ3) is 4.23. The SMILES string of the molecule is COCCNc1nc2cc(C(=O)N3CCC(Cc4ccc(N)nc4)C3)ccc2n1C. The van der Waals surface area contributed by atoms with Gasteiger partial charge in [0.2, 0.25) is 5.95 Å². The van der Waals surface area contributed by atoms with Crippen LogP contribution >= 0.6 is 0 Å². The molecular formula is C22H28N6O2. The van der Waals surface area contributed by atoms with E-state index in [0.29, 0.717) is 30.5 Å². The molecule has 1 fully saturated rings. The summed E-state index contributed by atoms with van der Waals surface area (Å²) in [5.74, 6) is 1.80. The van der Waals surface area contributed by atoms with Gasteiger partial charge in [-0.1, -0.05) is 6.07 Å². The molecule has 1 aliphatic heterocycles. The number of nitrogens with two attached hydrogens (primary N) is 1. The molecule has 30 heavy (non-hydrogen) atoms. The molecule has 0 saturated carbocycles. The molecule has 3 N–H and O–H groups in total. The number of methoxy groups -OCH3 is 1. The Morgan fingerprint density at radius 1 is 1.33 bits per heavy atom. The number of nitrogens with zero attached hydrogens (tertiary/aromatic N) is 4. The number of fused-ring (bicyclic) bond motifs is 1. The summed E-state index contributed by atoms with van der Waals surface area (Å²) < 4.78 is 7.07. The van der Waals surface area contributed by atoms with Crippen LogP contribution in [-0.2, 0) is 18.2 Å². The fourth-order valence-corrected chi connectivity index (χ4v) is 4.01. The van der Waals surface area contributed by atoms with Gasteiger partial charge >= 0.3 is 0 Å². The molecular weight excluding hydrogens is 380 g/mol. The molecule has 0 bridgehead atoms. The second-order valence-electron chi connectivity index (χ2n) is 7.82. The first kappa shape index (κ1) is 20.2. The maximum atomic E-state index is 13.1. The number of pyridine rings is 1. The predicted molar refractivity (Wildman–Crippen MR) is 117 cm³/mol. The number of hydrogen-bond donors (Lipinski definition) is 2. The van der Waals surface area contributed by atoms with Crippen LogP contribution in [0.3, 0.4) is 0 Å². The molecule has 0 spiro atoms. The van der Waals surface area contributed by atoms with Gasteiger partial charge in [0, 0.05) is 45.6 Å². The molecule has 4 rings (SSSR count). The number of nitrogens with one attached hydrogen (secondary N) is 1. The Labute approximate surface area is 176 Å². The van der Waals surface area contributed by atoms with Gasteiger partial charge in [0.1, 0.15) is 5.82 Å². The Balaban J connectivity index is 1.43. The number of amides is 1. The van der Waals surface area contributed by atoms with Crippen molar-refractivity contribution in [2.24, 2.45) is 13.0 Å². The molecule has 8 heteroatoms. The van der Waals surface area contributed by atoms with E-state index in [1.807, 2.05) is 53.0 Å². The van der Waals surface area contributed by atoms with Crippen molar-refractivity contribution in [1.29, 1.82) is 0 Å². The van der Waals surface area contributed by atoms with Crippen LogP contribution in [0, 0.1) is 5.92 Å². The second kappa shape index (κ2) is 8.71. The number of anilines is 2. The average molecular weight is 409 g/mol. The normalized spacial score (nSPS) is 16.3. The Hall–Kier alpha value is -3.13. The second-order valence-corrected chi connectivity index (χ2v) is 7.82. The molecule has 1 amide bonds. The first-order valence-corrected chi connectivity index (χ1v) is 10.2. The van der Waals surface area contributed by atoms with Crippen LogP contribution < -0.4 is 11.1 Å². The van der Waals surface area contributed by atoms with Gasteiger partial charge in [0.15, 0.2) is 0 Å². The summed E-state index contributed by atoms with van der Waals surface area (Å²) in [4.78, 5) is 23.8. The molecule has 1 unspecified atom stereocenters. The van der Waals surface area contributed by atoms with Gasteiger partial charge in [-0.2, -0.15) is 0 Å². The summed E-state index contributed by atoms with van der Waals surface area (Å²) in [6, 6.07) is 9.58. The zero-order valence-electron chi connectivity index (χ0n) is 17.5. The monoisotopic (exact) mass is 408 g/mol. The fourth-order valence-electron chi connectivity index (χ4n) is 4.01. The van der Waals surface area contributed by atoms with Crippen LogP contribution in [0.25, 0.3) is 11.0 Å². The van der Waals surface area contributed by atoms with E-state index in [9.17, 15) is 4.79 Å². The number of hydrogen-bond acceptors (Lipinski definition) is 6. The number of nitrogen functional groups attached to an aromatic ring is 1. The maximum Gasteiger partial charge on any atom is 0.253 e. The lowest BCUT2D eigenvalue weighted by atomic mass is 10.00. The molecule has 0 radical (unpaired) electrons. The van der Waals surface area contributed by atoms with Crippen LogP contribution in [0.1, 0.15) is 22.3 Å². The van der Waals surface area contributed by atoms with E-state index in [1.54, 1.807) is 7.11 Å². The van der Waals surface area contributed by atoms with Crippen molar-refractivity contribution < 1.29 is 9.53 Å². The lowest BCUT2D eigenvalue weighted by Crippen LogP contribution is -2.28. The van der Waals surface area contributed by atoms with E-state index >= 15 is 0 Å². The molecule has 3 aromatic rings. The molecule has 158 valence electrons. The molecule has 2 aromatic heterocycles. The third-order valence-corrected chi connectivity index (χ3v) is 5.66. The van der Waals surface area contributed by atoms with Gasteiger partial charge in [-0.25, -0.2) is 9.97 Å². The fraction of sp³-hybridized carbons (Fsp3) is 0.409. The summed E-state index contributed by atoms with van der Waals surface area (Å²) in [7, 11) is 3.63. The van der Waals surface area contributed by atoms with Crippen LogP contribution in [0.15, 0.2) is 36.5 Å². The lowest BCUT2D eigenvalue weighted by Gasteiger charge is -2.17. The standard InChI is InChI=1S/C22H28N6O2/c1-27-19-5-4-17(12-18(19)26-22(27)24-8-10-30-2)21(29)28-9-7-16(14-28)11-15-3-6-20(23)25-13-15/h3-6,12-13,16H,7-11,14H2,1-2H3,(H2,23,25)(H,24,26). The number of carbonyl (C=O) groups excluding carboxylic acids is 1. The minimum Gasteiger partial charge on any atom is -0.384 e. The van der Waals surface area contributed by atoms with Crippen molar-refractivity contribution in [1.82, 2.24) is 19.4 Å². The van der Waals surface area contributed by atoms with E-state index in [4.69, 9.17) is 10.5 Å². The molecule has 1 atom stereocenters. The van der Waals surface area contributed by atoms with Crippen molar-refractivity contribution >= 4 is 28.7 Å². The highest BCUT2D eigenvalue weighted by Gasteiger charge is 2.27. The summed E-state index contributed by atoms with van der Waals surface area (Å²) in [6.07, 6.45) is 3.73. The van der Waals surface area contributed by atoms with E-state index in [0.717, 1.165) is 48.5 Å². The Morgan fingerprint density at radius 3 is 2.97 bits per heavy atom. The van der Waals surface area contributed by atoms with E-state index in [-0.39, 0.29) is 5.91 Å². The number of carbonyl (C=O) groups is 1. The highest BCUT2D eigenvalue weighted by molar-refractivity contribution is 5.97. The molecule has 3 heterocycles. The summed E-state index contributed by atoms with van der Waals surface area (Å²) in [5.41, 5.74) is 9.30. The highest BCUT2D eigenvalue weighted by Crippen LogP contribution is 2.25. The highest BCUT2D eigenvalue weighted by atomic mass is 16.5. The zero-order chi connectivity index (χ0) is 21.1. The van der Waals surface area contributed by atoms with Crippen molar-refractivity contribution in [3.63, 3.8) is 0 Å². The predicted octanol–water partition coefficient (Wildman–Crippen LogP) is 2.31. The Bertz CT molecular complexity index is 1030. The van der Waals surface area contributed by atoms with Gasteiger partial charge in [0.05, 0.1) is 17.6 Å². The van der Waals surface area contributed by atoms with Gasteiger partial charge in [0.25, 0.3) is 5.91 Å². The first-order valence-electron chi connectivity index (χ1n) is 10.2. The molecule has 0 aliphatic carbocycles. The lowest BCUT2D eigenvalue weighted by molar-refractivity contribution is 0.0787. The summed E-state index contributed by atoms with van der Waals surface area (Å²) in [6.45, 7) is 2.82. The van der Waals surface area contributed by atoms with Crippen molar-refractivity contribution in [2.45, 2.75) is 12.8 Å². The minimum atomic E-state index is 0.0642. The number of benzene rings is 1. The number of rotatable bonds is 7. The molecule has 8 nitrogen and oxygen atoms in total. The van der Waals surface area contributed by atoms with E-state index in [2.05, 4.69) is 15.3 Å². The van der Waals surface area contributed by atoms with Crippen molar-refractivity contribution in [3.8, 4) is 0 Å². The van der Waals surface area contributed by atoms with Gasteiger partial charge in [-0.05, 0) is 48.6 Å². The van der Waals surface area contributed by atoms with Gasteiger partial charge in [-0.3, -0.25) is 4.79 Å². The van der Waals surface area contributed by atoms with Crippen LogP contribution in [-0.4, -0.2) is 58.7 Å². The van der Waals surface area contributed by atoms with Gasteiger partial charge < -0.3 is 25.3 Å². The number of aromatic nitrogens is 3. The van der Waals surface area contributed by atoms with Gasteiger partial charge in [-0.15, -0.1) is 0 Å². The van der Waals surface area contributed by atoms with Crippen LogP contribution in [0.5, 0.6) is 0 Å². The van der Waals surface area contributed by atoms with E-state index in [1.165, 1.54) is 0 Å². The molecule has 1 saturated heterocycles. The van der Waals surface area contributed by atoms with Crippen LogP contribution in [0.2, 0.25) is 0 Å². The first-order chi connectivity index (χ1) is 14.5. The third-order valence-electron chi connectivity index (χ3n) is 5.66. The summed E-state index contributed by atoms with van der Waals surface area (Å²) >= 11 is 0. The van der Waals surface area contributed by atoms with Crippen molar-refractivity contribution in [3.05, 3.63) is 47.7 Å². The maximum absolute atomic E-state index is 13.1. The zero-order valence-corrected chi connectivity index (χ0v) is 17.5. The quantitative estimate of drug-likeness (QED) is 0.582. The largest absolute Gasteiger partial charge is 0.384 e. The summed E-state index contributed by atoms with van der Waals surface area (Å²) in [5, 5.41) is 3.26. The van der Waals surface area contributed by atoms with Crippen molar-refractivity contribution in [2.75, 3.05) is 44.4 Å². The topological polar surface area (TPSA) is 98.3 Å². The Morgan fingerprint density at radius 2 is 2.20 bits per heavy atom.